The molecule has 0 aliphatic rings. The fourth-order valence-corrected chi connectivity index (χ4v) is 2.34. The van der Waals surface area contributed by atoms with Crippen LogP contribution < -0.4 is 0 Å². The lowest BCUT2D eigenvalue weighted by atomic mass is 10.2. The van der Waals surface area contributed by atoms with Gasteiger partial charge in [-0.1, -0.05) is 17.8 Å². The second kappa shape index (κ2) is 7.41. The van der Waals surface area contributed by atoms with Crippen molar-refractivity contribution in [1.82, 2.24) is 19.7 Å². The van der Waals surface area contributed by atoms with E-state index in [1.54, 1.807) is 35.2 Å². The Morgan fingerprint density at radius 1 is 1.27 bits per heavy atom. The number of ether oxygens (including phenoxy) is 1. The molecular formula is C13H13F3N4OS. The molecule has 0 spiro atoms. The monoisotopic (exact) mass is 330 g/mol. The van der Waals surface area contributed by atoms with Crippen molar-refractivity contribution in [2.75, 3.05) is 12.5 Å². The zero-order valence-corrected chi connectivity index (χ0v) is 12.3. The molecule has 22 heavy (non-hydrogen) atoms. The highest BCUT2D eigenvalue weighted by Crippen LogP contribution is 2.24. The Balaban J connectivity index is 2.09. The van der Waals surface area contributed by atoms with Crippen molar-refractivity contribution >= 4 is 11.8 Å². The highest BCUT2D eigenvalue weighted by Gasteiger charge is 2.27. The van der Waals surface area contributed by atoms with Gasteiger partial charge < -0.3 is 4.74 Å². The van der Waals surface area contributed by atoms with E-state index in [0.717, 1.165) is 17.3 Å². The number of pyridine rings is 1. The molecule has 2 heterocycles. The van der Waals surface area contributed by atoms with Gasteiger partial charge in [0, 0.05) is 24.5 Å². The van der Waals surface area contributed by atoms with Gasteiger partial charge in [-0.05, 0) is 12.1 Å². The molecule has 0 aliphatic carbocycles. The zero-order chi connectivity index (χ0) is 16.0. The molecule has 0 amide bonds. The van der Waals surface area contributed by atoms with Gasteiger partial charge in [-0.25, -0.2) is 0 Å². The minimum atomic E-state index is -4.34. The highest BCUT2D eigenvalue weighted by atomic mass is 32.2. The van der Waals surface area contributed by atoms with Gasteiger partial charge in [0.05, 0.1) is 0 Å². The Hall–Kier alpha value is -1.87. The van der Waals surface area contributed by atoms with Crippen molar-refractivity contribution in [3.05, 3.63) is 37.2 Å². The summed E-state index contributed by atoms with van der Waals surface area (Å²) in [6.45, 7) is 2.81. The fraction of sp³-hybridized carbons (Fsp3) is 0.308. The van der Waals surface area contributed by atoms with E-state index < -0.39 is 12.8 Å². The van der Waals surface area contributed by atoms with Crippen LogP contribution in [-0.4, -0.2) is 38.5 Å². The van der Waals surface area contributed by atoms with E-state index in [2.05, 4.69) is 26.5 Å². The number of alkyl halides is 3. The van der Waals surface area contributed by atoms with Gasteiger partial charge in [-0.3, -0.25) is 9.55 Å². The van der Waals surface area contributed by atoms with Crippen molar-refractivity contribution in [2.24, 2.45) is 0 Å². The van der Waals surface area contributed by atoms with Crippen LogP contribution in [0.3, 0.4) is 0 Å². The summed E-state index contributed by atoms with van der Waals surface area (Å²) in [6, 6.07) is 3.55. The largest absolute Gasteiger partial charge is 0.411 e. The quantitative estimate of drug-likeness (QED) is 0.338. The second-order valence-corrected chi connectivity index (χ2v) is 5.06. The lowest BCUT2D eigenvalue weighted by Crippen LogP contribution is -2.16. The fourth-order valence-electron chi connectivity index (χ4n) is 1.66. The molecule has 2 aromatic rings. The Morgan fingerprint density at radius 3 is 2.64 bits per heavy atom. The third-order valence-electron chi connectivity index (χ3n) is 2.50. The van der Waals surface area contributed by atoms with E-state index in [-0.39, 0.29) is 5.94 Å². The maximum atomic E-state index is 12.0. The molecule has 0 unspecified atom stereocenters. The number of nitrogens with zero attached hydrogens (tertiary/aromatic N) is 4. The van der Waals surface area contributed by atoms with Gasteiger partial charge in [0.15, 0.2) is 11.0 Å². The Labute approximate surface area is 129 Å². The van der Waals surface area contributed by atoms with E-state index in [9.17, 15) is 13.2 Å². The molecule has 9 heteroatoms. The van der Waals surface area contributed by atoms with Gasteiger partial charge >= 0.3 is 6.18 Å². The minimum Gasteiger partial charge on any atom is -0.361 e. The summed E-state index contributed by atoms with van der Waals surface area (Å²) in [7, 11) is 0. The molecule has 0 bridgehead atoms. The van der Waals surface area contributed by atoms with Crippen LogP contribution in [0.25, 0.3) is 11.4 Å². The van der Waals surface area contributed by atoms with Crippen molar-refractivity contribution in [1.29, 1.82) is 0 Å². The average molecular weight is 330 g/mol. The second-order valence-electron chi connectivity index (χ2n) is 4.17. The smallest absolute Gasteiger partial charge is 0.361 e. The summed E-state index contributed by atoms with van der Waals surface area (Å²) < 4.78 is 42.4. The standard InChI is InChI=1S/C13H13F3N4OS/c1-2-7-20-11(10-3-5-17-6-4-10)18-19-12(20)22-9-21-8-13(14,15)16/h2-6H,1,7-9H2. The Morgan fingerprint density at radius 2 is 2.00 bits per heavy atom. The minimum absolute atomic E-state index is 0.162. The first kappa shape index (κ1) is 16.5. The number of halogens is 3. The molecule has 0 radical (unpaired) electrons. The predicted molar refractivity (Wildman–Crippen MR) is 76.2 cm³/mol. The summed E-state index contributed by atoms with van der Waals surface area (Å²) in [6.07, 6.45) is 0.579. The van der Waals surface area contributed by atoms with Crippen LogP contribution in [0.1, 0.15) is 0 Å². The Kier molecular flexibility index (Phi) is 5.56. The van der Waals surface area contributed by atoms with E-state index in [0.29, 0.717) is 17.5 Å². The van der Waals surface area contributed by atoms with Crippen LogP contribution in [0.15, 0.2) is 42.3 Å². The number of rotatable bonds is 7. The lowest BCUT2D eigenvalue weighted by molar-refractivity contribution is -0.168. The third kappa shape index (κ3) is 4.57. The number of aromatic nitrogens is 4. The number of hydrogen-bond acceptors (Lipinski definition) is 5. The normalized spacial score (nSPS) is 11.6. The highest BCUT2D eigenvalue weighted by molar-refractivity contribution is 7.99. The molecule has 2 aromatic heterocycles. The third-order valence-corrected chi connectivity index (χ3v) is 3.35. The summed E-state index contributed by atoms with van der Waals surface area (Å²) in [4.78, 5) is 3.93. The number of allylic oxidation sites excluding steroid dienone is 1. The van der Waals surface area contributed by atoms with Crippen LogP contribution in [-0.2, 0) is 11.3 Å². The van der Waals surface area contributed by atoms with Crippen molar-refractivity contribution in [3.8, 4) is 11.4 Å². The molecule has 0 atom stereocenters. The first-order chi connectivity index (χ1) is 10.5. The summed E-state index contributed by atoms with van der Waals surface area (Å²) in [5.41, 5.74) is 0.812. The molecule has 0 N–H and O–H groups in total. The molecule has 0 fully saturated rings. The molecule has 0 saturated carbocycles. The molecule has 2 rings (SSSR count). The van der Waals surface area contributed by atoms with Crippen LogP contribution in [0.4, 0.5) is 13.2 Å². The summed E-state index contributed by atoms with van der Waals surface area (Å²) >= 11 is 1.05. The van der Waals surface area contributed by atoms with Gasteiger partial charge in [-0.2, -0.15) is 13.2 Å². The van der Waals surface area contributed by atoms with Crippen molar-refractivity contribution in [3.63, 3.8) is 0 Å². The molecule has 118 valence electrons. The number of thioether (sulfide) groups is 1. The van der Waals surface area contributed by atoms with Crippen LogP contribution in [0.5, 0.6) is 0 Å². The Bertz CT molecular complexity index is 615. The molecular weight excluding hydrogens is 317 g/mol. The van der Waals surface area contributed by atoms with E-state index in [1.165, 1.54) is 0 Å². The summed E-state index contributed by atoms with van der Waals surface area (Å²) in [5.74, 6) is 0.436. The van der Waals surface area contributed by atoms with Crippen LogP contribution in [0.2, 0.25) is 0 Å². The first-order valence-electron chi connectivity index (χ1n) is 6.23. The maximum Gasteiger partial charge on any atom is 0.411 e. The molecule has 0 aromatic carbocycles. The summed E-state index contributed by atoms with van der Waals surface area (Å²) in [5, 5.41) is 8.53. The average Bonchev–Trinajstić information content (AvgIpc) is 2.87. The topological polar surface area (TPSA) is 52.8 Å². The van der Waals surface area contributed by atoms with Crippen molar-refractivity contribution < 1.29 is 17.9 Å². The van der Waals surface area contributed by atoms with E-state index >= 15 is 0 Å². The van der Waals surface area contributed by atoms with Gasteiger partial charge in [0.2, 0.25) is 0 Å². The molecule has 0 saturated heterocycles. The predicted octanol–water partition coefficient (Wildman–Crippen LogP) is 3.15. The SMILES string of the molecule is C=CCn1c(SCOCC(F)(F)F)nnc1-c1ccncc1. The van der Waals surface area contributed by atoms with Gasteiger partial charge in [0.1, 0.15) is 12.5 Å². The van der Waals surface area contributed by atoms with Crippen LogP contribution >= 0.6 is 11.8 Å². The van der Waals surface area contributed by atoms with Gasteiger partial charge in [-0.15, -0.1) is 16.8 Å². The van der Waals surface area contributed by atoms with E-state index in [1.807, 2.05) is 0 Å². The van der Waals surface area contributed by atoms with Crippen molar-refractivity contribution in [2.45, 2.75) is 17.9 Å². The zero-order valence-electron chi connectivity index (χ0n) is 11.5. The van der Waals surface area contributed by atoms with Gasteiger partial charge in [0.25, 0.3) is 0 Å². The first-order valence-corrected chi connectivity index (χ1v) is 7.21. The maximum absolute atomic E-state index is 12.0. The lowest BCUT2D eigenvalue weighted by Gasteiger charge is -2.09. The molecule has 0 aliphatic heterocycles. The van der Waals surface area contributed by atoms with Crippen LogP contribution in [0, 0.1) is 0 Å². The van der Waals surface area contributed by atoms with E-state index in [4.69, 9.17) is 0 Å². The number of hydrogen-bond donors (Lipinski definition) is 0. The molecule has 5 nitrogen and oxygen atoms in total.